The molecular weight excluding hydrogens is 406 g/mol. The highest BCUT2D eigenvalue weighted by atomic mass is 16.5. The fraction of sp³-hybridized carbons (Fsp3) is 0.440. The first-order valence-electron chi connectivity index (χ1n) is 11.2. The van der Waals surface area contributed by atoms with E-state index >= 15 is 0 Å². The number of piperazine rings is 1. The van der Waals surface area contributed by atoms with E-state index in [4.69, 9.17) is 9.47 Å². The largest absolute Gasteiger partial charge is 0.497 e. The molecule has 4 rings (SSSR count). The number of amides is 1. The number of anilines is 1. The van der Waals surface area contributed by atoms with Crippen molar-refractivity contribution in [3.63, 3.8) is 0 Å². The van der Waals surface area contributed by atoms with E-state index in [0.29, 0.717) is 17.2 Å². The summed E-state index contributed by atoms with van der Waals surface area (Å²) in [4.78, 5) is 31.8. The molecule has 0 spiro atoms. The highest BCUT2D eigenvalue weighted by molar-refractivity contribution is 5.98. The first-order chi connectivity index (χ1) is 15.6. The number of nitrogens with zero attached hydrogens (tertiary/aromatic N) is 3. The molecule has 1 amide bonds. The lowest BCUT2D eigenvalue weighted by Gasteiger charge is -2.44. The average Bonchev–Trinajstić information content (AvgIpc) is 2.88. The first-order valence-corrected chi connectivity index (χ1v) is 11.2. The van der Waals surface area contributed by atoms with Gasteiger partial charge in [0.1, 0.15) is 5.75 Å². The van der Waals surface area contributed by atoms with Crippen molar-refractivity contribution in [3.05, 3.63) is 59.7 Å². The monoisotopic (exact) mass is 437 g/mol. The van der Waals surface area contributed by atoms with Gasteiger partial charge in [-0.25, -0.2) is 4.79 Å². The van der Waals surface area contributed by atoms with Crippen molar-refractivity contribution < 1.29 is 19.1 Å². The van der Waals surface area contributed by atoms with Crippen molar-refractivity contribution in [2.75, 3.05) is 58.4 Å². The molecule has 2 heterocycles. The van der Waals surface area contributed by atoms with E-state index < -0.39 is 5.97 Å². The van der Waals surface area contributed by atoms with Gasteiger partial charge in [0.2, 0.25) is 0 Å². The lowest BCUT2D eigenvalue weighted by molar-refractivity contribution is 0.0563. The second kappa shape index (κ2) is 10.0. The van der Waals surface area contributed by atoms with Crippen molar-refractivity contribution in [1.82, 2.24) is 9.80 Å². The summed E-state index contributed by atoms with van der Waals surface area (Å²) >= 11 is 0. The normalized spacial score (nSPS) is 19.5. The fourth-order valence-corrected chi connectivity index (χ4v) is 4.66. The Kier molecular flexibility index (Phi) is 6.95. The predicted molar refractivity (Wildman–Crippen MR) is 123 cm³/mol. The lowest BCUT2D eigenvalue weighted by atomic mass is 10.0. The Labute approximate surface area is 189 Å². The van der Waals surface area contributed by atoms with Crippen LogP contribution < -0.4 is 9.64 Å². The number of hydrogen-bond donors (Lipinski definition) is 0. The lowest BCUT2D eigenvalue weighted by Crippen LogP contribution is -2.55. The maximum atomic E-state index is 13.1. The zero-order chi connectivity index (χ0) is 22.5. The molecule has 32 heavy (non-hydrogen) atoms. The second-order valence-electron chi connectivity index (χ2n) is 8.34. The van der Waals surface area contributed by atoms with E-state index in [0.717, 1.165) is 57.9 Å². The molecule has 2 saturated heterocycles. The van der Waals surface area contributed by atoms with Crippen LogP contribution in [0.25, 0.3) is 0 Å². The van der Waals surface area contributed by atoms with Crippen molar-refractivity contribution in [2.45, 2.75) is 18.9 Å². The van der Waals surface area contributed by atoms with Gasteiger partial charge in [0.25, 0.3) is 5.91 Å². The van der Waals surface area contributed by atoms with Gasteiger partial charge in [-0.1, -0.05) is 6.07 Å². The molecule has 2 aliphatic heterocycles. The third-order valence-electron chi connectivity index (χ3n) is 6.48. The highest BCUT2D eigenvalue weighted by Crippen LogP contribution is 2.24. The minimum atomic E-state index is -0.425. The Morgan fingerprint density at radius 1 is 0.906 bits per heavy atom. The Morgan fingerprint density at radius 3 is 2.31 bits per heavy atom. The Morgan fingerprint density at radius 2 is 1.62 bits per heavy atom. The molecule has 2 aromatic carbocycles. The predicted octanol–water partition coefficient (Wildman–Crippen LogP) is 2.91. The van der Waals surface area contributed by atoms with Gasteiger partial charge in [0, 0.05) is 56.6 Å². The number of esters is 1. The van der Waals surface area contributed by atoms with Crippen LogP contribution >= 0.6 is 0 Å². The zero-order valence-corrected chi connectivity index (χ0v) is 18.8. The third kappa shape index (κ3) is 4.88. The van der Waals surface area contributed by atoms with Gasteiger partial charge >= 0.3 is 5.97 Å². The molecule has 7 nitrogen and oxygen atoms in total. The molecule has 0 aromatic heterocycles. The molecule has 2 aromatic rings. The van der Waals surface area contributed by atoms with Gasteiger partial charge in [0.15, 0.2) is 0 Å². The SMILES string of the molecule is COC(=O)c1cccc(C(=O)N2CCC[C@@H](N3CCN(c4ccc(OC)cc4)CC3)C2)c1. The molecule has 0 bridgehead atoms. The van der Waals surface area contributed by atoms with E-state index in [-0.39, 0.29) is 5.91 Å². The van der Waals surface area contributed by atoms with Crippen molar-refractivity contribution >= 4 is 17.6 Å². The summed E-state index contributed by atoms with van der Waals surface area (Å²) in [5, 5.41) is 0. The summed E-state index contributed by atoms with van der Waals surface area (Å²) in [7, 11) is 3.03. The van der Waals surface area contributed by atoms with Gasteiger partial charge in [0.05, 0.1) is 19.8 Å². The van der Waals surface area contributed by atoms with E-state index in [9.17, 15) is 9.59 Å². The van der Waals surface area contributed by atoms with E-state index in [1.165, 1.54) is 12.8 Å². The third-order valence-corrected chi connectivity index (χ3v) is 6.48. The van der Waals surface area contributed by atoms with E-state index in [1.54, 1.807) is 31.4 Å². The molecule has 0 saturated carbocycles. The van der Waals surface area contributed by atoms with Crippen LogP contribution in [0.4, 0.5) is 5.69 Å². The summed E-state index contributed by atoms with van der Waals surface area (Å²) < 4.78 is 10.0. The molecule has 0 radical (unpaired) electrons. The molecule has 2 fully saturated rings. The maximum absolute atomic E-state index is 13.1. The van der Waals surface area contributed by atoms with Crippen LogP contribution in [-0.2, 0) is 4.74 Å². The number of rotatable bonds is 5. The number of ether oxygens (including phenoxy) is 2. The second-order valence-corrected chi connectivity index (χ2v) is 8.34. The average molecular weight is 438 g/mol. The zero-order valence-electron chi connectivity index (χ0n) is 18.8. The van der Waals surface area contributed by atoms with Crippen LogP contribution in [0.1, 0.15) is 33.6 Å². The Hall–Kier alpha value is -3.06. The van der Waals surface area contributed by atoms with Crippen molar-refractivity contribution in [3.8, 4) is 5.75 Å². The molecule has 2 aliphatic rings. The van der Waals surface area contributed by atoms with Crippen LogP contribution in [0.15, 0.2) is 48.5 Å². The van der Waals surface area contributed by atoms with Gasteiger partial charge < -0.3 is 19.3 Å². The Bertz CT molecular complexity index is 938. The molecular formula is C25H31N3O4. The van der Waals surface area contributed by atoms with Crippen molar-refractivity contribution in [2.24, 2.45) is 0 Å². The van der Waals surface area contributed by atoms with Gasteiger partial charge in [-0.3, -0.25) is 9.69 Å². The number of methoxy groups -OCH3 is 2. The smallest absolute Gasteiger partial charge is 0.337 e. The van der Waals surface area contributed by atoms with Crippen LogP contribution in [0.3, 0.4) is 0 Å². The number of likely N-dealkylation sites (tertiary alicyclic amines) is 1. The van der Waals surface area contributed by atoms with Gasteiger partial charge in [-0.05, 0) is 55.3 Å². The topological polar surface area (TPSA) is 62.3 Å². The van der Waals surface area contributed by atoms with Crippen LogP contribution in [-0.4, -0.2) is 81.2 Å². The van der Waals surface area contributed by atoms with Gasteiger partial charge in [-0.2, -0.15) is 0 Å². The molecule has 0 unspecified atom stereocenters. The number of carbonyl (C=O) groups is 2. The maximum Gasteiger partial charge on any atom is 0.337 e. The van der Waals surface area contributed by atoms with E-state index in [2.05, 4.69) is 21.9 Å². The summed E-state index contributed by atoms with van der Waals surface area (Å²) in [6, 6.07) is 15.4. The molecule has 0 aliphatic carbocycles. The van der Waals surface area contributed by atoms with Crippen molar-refractivity contribution in [1.29, 1.82) is 0 Å². The molecule has 0 N–H and O–H groups in total. The molecule has 7 heteroatoms. The number of piperidine rings is 1. The van der Waals surface area contributed by atoms with Crippen LogP contribution in [0, 0.1) is 0 Å². The summed E-state index contributed by atoms with van der Waals surface area (Å²) in [5.41, 5.74) is 2.16. The van der Waals surface area contributed by atoms with Crippen LogP contribution in [0.2, 0.25) is 0 Å². The number of carbonyl (C=O) groups excluding carboxylic acids is 2. The van der Waals surface area contributed by atoms with E-state index in [1.807, 2.05) is 17.0 Å². The fourth-order valence-electron chi connectivity index (χ4n) is 4.66. The van der Waals surface area contributed by atoms with Crippen LogP contribution in [0.5, 0.6) is 5.75 Å². The number of benzene rings is 2. The quantitative estimate of drug-likeness (QED) is 0.671. The molecule has 170 valence electrons. The minimum absolute atomic E-state index is 0.0164. The number of hydrogen-bond acceptors (Lipinski definition) is 6. The first kappa shape index (κ1) is 22.1. The summed E-state index contributed by atoms with van der Waals surface area (Å²) in [5.74, 6) is 0.430. The standard InChI is InChI=1S/C25H31N3O4/c1-31-23-10-8-21(9-11-23)26-13-15-27(16-14-26)22-7-4-12-28(18-22)24(29)19-5-3-6-20(17-19)25(30)32-2/h3,5-6,8-11,17,22H,4,7,12-16,18H2,1-2H3/t22-/m1/s1. The minimum Gasteiger partial charge on any atom is -0.497 e. The summed E-state index contributed by atoms with van der Waals surface area (Å²) in [6.07, 6.45) is 2.10. The highest BCUT2D eigenvalue weighted by Gasteiger charge is 2.30. The summed E-state index contributed by atoms with van der Waals surface area (Å²) in [6.45, 7) is 5.39. The van der Waals surface area contributed by atoms with Gasteiger partial charge in [-0.15, -0.1) is 0 Å². The molecule has 1 atom stereocenters. The Balaban J connectivity index is 1.35.